The number of carbonyl (C=O) groups is 1. The van der Waals surface area contributed by atoms with E-state index in [0.29, 0.717) is 30.1 Å². The molecule has 3 aliphatic heterocycles. The Kier molecular flexibility index (Phi) is 5.94. The Balaban J connectivity index is 1.51. The van der Waals surface area contributed by atoms with Crippen LogP contribution >= 0.6 is 0 Å². The van der Waals surface area contributed by atoms with Gasteiger partial charge in [-0.2, -0.15) is 0 Å². The number of nitrogens with one attached hydrogen (secondary N) is 1. The zero-order valence-corrected chi connectivity index (χ0v) is 14.8. The minimum atomic E-state index is 0.305. The lowest BCUT2D eigenvalue weighted by molar-refractivity contribution is -0.134. The Bertz CT molecular complexity index is 388. The van der Waals surface area contributed by atoms with Gasteiger partial charge in [0.25, 0.3) is 0 Å². The molecule has 3 heterocycles. The van der Waals surface area contributed by atoms with Gasteiger partial charge in [0.15, 0.2) is 0 Å². The predicted molar refractivity (Wildman–Crippen MR) is 91.4 cm³/mol. The van der Waals surface area contributed by atoms with E-state index in [-0.39, 0.29) is 0 Å². The van der Waals surface area contributed by atoms with Crippen molar-refractivity contribution in [3.63, 3.8) is 0 Å². The van der Waals surface area contributed by atoms with E-state index < -0.39 is 0 Å². The molecule has 1 amide bonds. The van der Waals surface area contributed by atoms with Crippen molar-refractivity contribution < 1.29 is 9.53 Å². The number of rotatable bonds is 4. The summed E-state index contributed by atoms with van der Waals surface area (Å²) in [6, 6.07) is 0.418. The summed E-state index contributed by atoms with van der Waals surface area (Å²) in [5.41, 5.74) is 0. The van der Waals surface area contributed by atoms with Crippen molar-refractivity contribution in [2.45, 2.75) is 64.2 Å². The molecule has 3 saturated heterocycles. The maximum absolute atomic E-state index is 12.8. The monoisotopic (exact) mass is 323 g/mol. The first-order valence-electron chi connectivity index (χ1n) is 9.50. The number of nitrogens with zero attached hydrogens (tertiary/aromatic N) is 2. The number of hydrogen-bond donors (Lipinski definition) is 1. The topological polar surface area (TPSA) is 44.8 Å². The van der Waals surface area contributed by atoms with E-state index in [1.54, 1.807) is 0 Å². The van der Waals surface area contributed by atoms with Gasteiger partial charge in [0.05, 0.1) is 12.2 Å². The van der Waals surface area contributed by atoms with E-state index in [0.717, 1.165) is 71.4 Å². The first-order valence-corrected chi connectivity index (χ1v) is 9.50. The molecular weight excluding hydrogens is 290 g/mol. The second kappa shape index (κ2) is 7.95. The van der Waals surface area contributed by atoms with Gasteiger partial charge < -0.3 is 15.0 Å². The van der Waals surface area contributed by atoms with Crippen LogP contribution in [0.4, 0.5) is 0 Å². The number of ether oxygens (including phenoxy) is 1. The van der Waals surface area contributed by atoms with E-state index in [4.69, 9.17) is 4.74 Å². The third-order valence-corrected chi connectivity index (χ3v) is 5.58. The first kappa shape index (κ1) is 17.2. The number of hydrogen-bond acceptors (Lipinski definition) is 4. The summed E-state index contributed by atoms with van der Waals surface area (Å²) < 4.78 is 5.83. The molecule has 3 fully saturated rings. The maximum Gasteiger partial charge on any atom is 0.223 e. The van der Waals surface area contributed by atoms with Gasteiger partial charge in [-0.05, 0) is 58.5 Å². The van der Waals surface area contributed by atoms with Crippen LogP contribution in [0.3, 0.4) is 0 Å². The molecule has 3 aliphatic rings. The van der Waals surface area contributed by atoms with Crippen molar-refractivity contribution >= 4 is 5.91 Å². The predicted octanol–water partition coefficient (Wildman–Crippen LogP) is 1.48. The summed E-state index contributed by atoms with van der Waals surface area (Å²) in [7, 11) is 0. The van der Waals surface area contributed by atoms with Crippen LogP contribution in [0.2, 0.25) is 0 Å². The molecular formula is C18H33N3O2. The summed E-state index contributed by atoms with van der Waals surface area (Å²) in [6.07, 6.45) is 6.01. The third-order valence-electron chi connectivity index (χ3n) is 5.58. The van der Waals surface area contributed by atoms with Gasteiger partial charge in [-0.1, -0.05) is 0 Å². The average Bonchev–Trinajstić information content (AvgIpc) is 2.95. The van der Waals surface area contributed by atoms with Gasteiger partial charge in [0.1, 0.15) is 0 Å². The fourth-order valence-corrected chi connectivity index (χ4v) is 4.54. The Hall–Kier alpha value is -0.650. The largest absolute Gasteiger partial charge is 0.373 e. The lowest BCUT2D eigenvalue weighted by Gasteiger charge is -2.38. The molecule has 0 aliphatic carbocycles. The van der Waals surface area contributed by atoms with Crippen LogP contribution in [-0.4, -0.2) is 73.2 Å². The molecule has 0 aromatic heterocycles. The Labute approximate surface area is 140 Å². The highest BCUT2D eigenvalue weighted by Gasteiger charge is 2.33. The molecule has 5 nitrogen and oxygen atoms in total. The smallest absolute Gasteiger partial charge is 0.223 e. The molecule has 0 aromatic rings. The van der Waals surface area contributed by atoms with Gasteiger partial charge in [0, 0.05) is 38.6 Å². The Morgan fingerprint density at radius 1 is 1.13 bits per heavy atom. The molecule has 0 saturated carbocycles. The van der Waals surface area contributed by atoms with Crippen molar-refractivity contribution in [3.05, 3.63) is 0 Å². The van der Waals surface area contributed by atoms with Crippen molar-refractivity contribution in [2.75, 3.05) is 39.3 Å². The molecule has 5 heteroatoms. The third kappa shape index (κ3) is 4.68. The fraction of sp³-hybridized carbons (Fsp3) is 0.944. The zero-order valence-electron chi connectivity index (χ0n) is 14.8. The summed E-state index contributed by atoms with van der Waals surface area (Å²) in [5.74, 6) is 0.988. The van der Waals surface area contributed by atoms with Crippen molar-refractivity contribution in [1.29, 1.82) is 0 Å². The molecule has 1 N–H and O–H groups in total. The van der Waals surface area contributed by atoms with Gasteiger partial charge in [0.2, 0.25) is 5.91 Å². The van der Waals surface area contributed by atoms with E-state index in [1.165, 1.54) is 0 Å². The van der Waals surface area contributed by atoms with Crippen molar-refractivity contribution in [2.24, 2.45) is 5.92 Å². The molecule has 0 aromatic carbocycles. The van der Waals surface area contributed by atoms with Crippen LogP contribution in [0.25, 0.3) is 0 Å². The minimum absolute atomic E-state index is 0.305. The Morgan fingerprint density at radius 2 is 1.83 bits per heavy atom. The van der Waals surface area contributed by atoms with Crippen LogP contribution in [0.1, 0.15) is 46.0 Å². The number of piperidine rings is 1. The van der Waals surface area contributed by atoms with Crippen LogP contribution in [-0.2, 0) is 9.53 Å². The van der Waals surface area contributed by atoms with Crippen LogP contribution in [0.15, 0.2) is 0 Å². The fourth-order valence-electron chi connectivity index (χ4n) is 4.54. The zero-order chi connectivity index (χ0) is 16.2. The SMILES string of the molecule is C[C@@H]1CN(C[C@@H]2CCCN2C(=O)CC2CCNCC2)C[C@H](C)O1. The molecule has 3 atom stereocenters. The van der Waals surface area contributed by atoms with Gasteiger partial charge in [-0.15, -0.1) is 0 Å². The number of carbonyl (C=O) groups excluding carboxylic acids is 1. The lowest BCUT2D eigenvalue weighted by atomic mass is 9.94. The summed E-state index contributed by atoms with van der Waals surface area (Å²) in [5, 5.41) is 3.39. The lowest BCUT2D eigenvalue weighted by Crippen LogP contribution is -2.51. The number of likely N-dealkylation sites (tertiary alicyclic amines) is 1. The molecule has 0 radical (unpaired) electrons. The molecule has 23 heavy (non-hydrogen) atoms. The summed E-state index contributed by atoms with van der Waals surface area (Å²) in [6.45, 7) is 10.4. The van der Waals surface area contributed by atoms with Crippen LogP contribution in [0.5, 0.6) is 0 Å². The van der Waals surface area contributed by atoms with Crippen LogP contribution < -0.4 is 5.32 Å². The Morgan fingerprint density at radius 3 is 2.52 bits per heavy atom. The van der Waals surface area contributed by atoms with E-state index in [1.807, 2.05) is 0 Å². The minimum Gasteiger partial charge on any atom is -0.373 e. The standard InChI is InChI=1S/C18H33N3O2/c1-14-11-20(12-15(2)23-14)13-17-4-3-9-21(17)18(22)10-16-5-7-19-8-6-16/h14-17,19H,3-13H2,1-2H3/t14-,15+,17-/m0/s1. The maximum atomic E-state index is 12.8. The van der Waals surface area contributed by atoms with Gasteiger partial charge in [-0.25, -0.2) is 0 Å². The quantitative estimate of drug-likeness (QED) is 0.851. The first-order chi connectivity index (χ1) is 11.1. The molecule has 3 rings (SSSR count). The summed E-state index contributed by atoms with van der Waals surface area (Å²) in [4.78, 5) is 17.4. The van der Waals surface area contributed by atoms with E-state index >= 15 is 0 Å². The van der Waals surface area contributed by atoms with Gasteiger partial charge in [-0.3, -0.25) is 9.69 Å². The molecule has 0 bridgehead atoms. The average molecular weight is 323 g/mol. The highest BCUT2D eigenvalue weighted by atomic mass is 16.5. The van der Waals surface area contributed by atoms with Crippen molar-refractivity contribution in [1.82, 2.24) is 15.1 Å². The van der Waals surface area contributed by atoms with Crippen molar-refractivity contribution in [3.8, 4) is 0 Å². The number of amides is 1. The second-order valence-corrected chi connectivity index (χ2v) is 7.76. The molecule has 132 valence electrons. The normalized spacial score (nSPS) is 34.0. The summed E-state index contributed by atoms with van der Waals surface area (Å²) >= 11 is 0. The second-order valence-electron chi connectivity index (χ2n) is 7.76. The number of morpholine rings is 1. The van der Waals surface area contributed by atoms with Gasteiger partial charge >= 0.3 is 0 Å². The van der Waals surface area contributed by atoms with E-state index in [9.17, 15) is 4.79 Å². The van der Waals surface area contributed by atoms with E-state index in [2.05, 4.69) is 29.0 Å². The van der Waals surface area contributed by atoms with Crippen LogP contribution in [0, 0.1) is 5.92 Å². The molecule has 0 spiro atoms. The highest BCUT2D eigenvalue weighted by molar-refractivity contribution is 5.77. The highest BCUT2D eigenvalue weighted by Crippen LogP contribution is 2.24. The molecule has 0 unspecified atom stereocenters.